The molecule has 4 aromatic rings. The number of aromatic amines is 1. The van der Waals surface area contributed by atoms with Crippen molar-refractivity contribution < 1.29 is 4.21 Å². The van der Waals surface area contributed by atoms with Crippen molar-refractivity contribution in [1.29, 1.82) is 0 Å². The maximum atomic E-state index is 11.4. The lowest BCUT2D eigenvalue weighted by molar-refractivity contribution is 0.687. The second-order valence-corrected chi connectivity index (χ2v) is 6.06. The third kappa shape index (κ3) is 1.85. The van der Waals surface area contributed by atoms with E-state index in [0.717, 1.165) is 27.1 Å². The first-order chi connectivity index (χ1) is 10.2. The normalized spacial score (nSPS) is 13.0. The number of H-pyrrole nitrogens is 1. The second-order valence-electron chi connectivity index (χ2n) is 4.68. The van der Waals surface area contributed by atoms with Gasteiger partial charge in [-0.3, -0.25) is 8.61 Å². The van der Waals surface area contributed by atoms with E-state index in [9.17, 15) is 4.21 Å². The summed E-state index contributed by atoms with van der Waals surface area (Å²) in [5.41, 5.74) is 2.46. The predicted molar refractivity (Wildman–Crippen MR) is 80.4 cm³/mol. The van der Waals surface area contributed by atoms with Gasteiger partial charge in [0.2, 0.25) is 0 Å². The average Bonchev–Trinajstić information content (AvgIpc) is 3.13. The zero-order valence-electron chi connectivity index (χ0n) is 11.1. The van der Waals surface area contributed by atoms with Crippen LogP contribution in [0.15, 0.2) is 47.8 Å². The first-order valence-electron chi connectivity index (χ1n) is 6.35. The smallest absolute Gasteiger partial charge is 0.173 e. The average molecular weight is 297 g/mol. The Balaban J connectivity index is 1.91. The molecule has 1 atom stereocenters. The summed E-state index contributed by atoms with van der Waals surface area (Å²) >= 11 is 0. The predicted octanol–water partition coefficient (Wildman–Crippen LogP) is 2.01. The van der Waals surface area contributed by atoms with E-state index in [-0.39, 0.29) is 0 Å². The Bertz CT molecular complexity index is 970. The van der Waals surface area contributed by atoms with Crippen molar-refractivity contribution in [2.75, 3.05) is 6.26 Å². The molecule has 1 unspecified atom stereocenters. The molecule has 4 rings (SSSR count). The van der Waals surface area contributed by atoms with E-state index < -0.39 is 10.8 Å². The molecule has 0 spiro atoms. The van der Waals surface area contributed by atoms with Crippen molar-refractivity contribution >= 4 is 27.5 Å². The van der Waals surface area contributed by atoms with Crippen LogP contribution in [0.5, 0.6) is 0 Å². The first kappa shape index (κ1) is 12.2. The summed E-state index contributed by atoms with van der Waals surface area (Å²) in [5.74, 6) is 0.717. The lowest BCUT2D eigenvalue weighted by Crippen LogP contribution is -1.93. The number of nitrogens with one attached hydrogen (secondary N) is 1. The molecule has 3 aromatic heterocycles. The number of hydrogen-bond donors (Lipinski definition) is 1. The molecule has 0 amide bonds. The maximum absolute atomic E-state index is 11.4. The van der Waals surface area contributed by atoms with Gasteiger partial charge in [0.15, 0.2) is 11.5 Å². The van der Waals surface area contributed by atoms with Gasteiger partial charge < -0.3 is 4.98 Å². The highest BCUT2D eigenvalue weighted by Gasteiger charge is 2.12. The van der Waals surface area contributed by atoms with Gasteiger partial charge in [0.1, 0.15) is 12.0 Å². The molecule has 21 heavy (non-hydrogen) atoms. The van der Waals surface area contributed by atoms with Crippen LogP contribution >= 0.6 is 0 Å². The fourth-order valence-electron chi connectivity index (χ4n) is 2.34. The Kier molecular flexibility index (Phi) is 2.61. The lowest BCUT2D eigenvalue weighted by atomic mass is 10.2. The highest BCUT2D eigenvalue weighted by molar-refractivity contribution is 7.84. The fourth-order valence-corrected chi connectivity index (χ4v) is 2.86. The second kappa shape index (κ2) is 4.49. The van der Waals surface area contributed by atoms with Gasteiger partial charge in [-0.05, 0) is 30.3 Å². The monoisotopic (exact) mass is 297 g/mol. The summed E-state index contributed by atoms with van der Waals surface area (Å²) in [7, 11) is -0.984. The Hall–Kier alpha value is -2.54. The molecule has 0 radical (unpaired) electrons. The third-order valence-corrected chi connectivity index (χ3v) is 4.34. The molecule has 0 fully saturated rings. The quantitative estimate of drug-likeness (QED) is 0.614. The molecule has 6 nitrogen and oxygen atoms in total. The summed E-state index contributed by atoms with van der Waals surface area (Å²) in [5, 5.41) is 9.43. The molecule has 104 valence electrons. The number of rotatable bonds is 2. The van der Waals surface area contributed by atoms with Crippen molar-refractivity contribution in [1.82, 2.24) is 24.6 Å². The highest BCUT2D eigenvalue weighted by Crippen LogP contribution is 2.22. The van der Waals surface area contributed by atoms with Crippen LogP contribution in [0.4, 0.5) is 0 Å². The van der Waals surface area contributed by atoms with Gasteiger partial charge in [-0.25, -0.2) is 4.98 Å². The Morgan fingerprint density at radius 1 is 1.14 bits per heavy atom. The fraction of sp³-hybridized carbons (Fsp3) is 0.0714. The van der Waals surface area contributed by atoms with Crippen LogP contribution in [0.2, 0.25) is 0 Å². The van der Waals surface area contributed by atoms with Crippen LogP contribution in [0, 0.1) is 0 Å². The summed E-state index contributed by atoms with van der Waals surface area (Å²) in [6.07, 6.45) is 5.20. The minimum atomic E-state index is -0.984. The molecule has 0 aliphatic carbocycles. The van der Waals surface area contributed by atoms with E-state index in [0.29, 0.717) is 5.82 Å². The molecule has 0 aliphatic heterocycles. The van der Waals surface area contributed by atoms with Gasteiger partial charge in [-0.2, -0.15) is 0 Å². The van der Waals surface area contributed by atoms with Crippen LogP contribution in [-0.2, 0) is 10.8 Å². The number of fused-ring (bicyclic) bond motifs is 3. The molecular formula is C14H11N5OS. The van der Waals surface area contributed by atoms with Crippen LogP contribution in [0.3, 0.4) is 0 Å². The number of benzene rings is 1. The summed E-state index contributed by atoms with van der Waals surface area (Å²) in [4.78, 5) is 8.20. The topological polar surface area (TPSA) is 75.9 Å². The van der Waals surface area contributed by atoms with E-state index in [1.165, 1.54) is 0 Å². The van der Waals surface area contributed by atoms with Crippen LogP contribution < -0.4 is 0 Å². The molecule has 1 aromatic carbocycles. The molecule has 0 saturated carbocycles. The summed E-state index contributed by atoms with van der Waals surface area (Å²) < 4.78 is 13.3. The zero-order chi connectivity index (χ0) is 14.4. The molecule has 1 N–H and O–H groups in total. The van der Waals surface area contributed by atoms with Gasteiger partial charge >= 0.3 is 0 Å². The Morgan fingerprint density at radius 3 is 2.71 bits per heavy atom. The van der Waals surface area contributed by atoms with E-state index in [1.807, 2.05) is 40.9 Å². The Labute approximate surface area is 122 Å². The van der Waals surface area contributed by atoms with E-state index >= 15 is 0 Å². The number of nitrogens with zero attached hydrogens (tertiary/aromatic N) is 4. The number of hydrogen-bond acceptors (Lipinski definition) is 4. The maximum Gasteiger partial charge on any atom is 0.173 e. The van der Waals surface area contributed by atoms with Crippen molar-refractivity contribution in [3.05, 3.63) is 42.9 Å². The van der Waals surface area contributed by atoms with Crippen molar-refractivity contribution in [2.45, 2.75) is 4.90 Å². The van der Waals surface area contributed by atoms with Crippen LogP contribution in [-0.4, -0.2) is 35.0 Å². The largest absolute Gasteiger partial charge is 0.346 e. The Morgan fingerprint density at radius 2 is 1.95 bits per heavy atom. The summed E-state index contributed by atoms with van der Waals surface area (Å²) in [6.45, 7) is 0. The molecule has 0 saturated heterocycles. The molecular weight excluding hydrogens is 286 g/mol. The van der Waals surface area contributed by atoms with Gasteiger partial charge in [0.05, 0.1) is 5.39 Å². The van der Waals surface area contributed by atoms with Gasteiger partial charge in [0, 0.05) is 33.7 Å². The highest BCUT2D eigenvalue weighted by atomic mass is 32.2. The van der Waals surface area contributed by atoms with Crippen molar-refractivity contribution in [3.8, 4) is 11.4 Å². The third-order valence-electron chi connectivity index (χ3n) is 3.41. The van der Waals surface area contributed by atoms with Crippen molar-refractivity contribution in [2.24, 2.45) is 0 Å². The number of aromatic nitrogens is 5. The van der Waals surface area contributed by atoms with Gasteiger partial charge in [-0.1, -0.05) is 0 Å². The molecule has 7 heteroatoms. The van der Waals surface area contributed by atoms with Crippen molar-refractivity contribution in [3.63, 3.8) is 0 Å². The van der Waals surface area contributed by atoms with Crippen LogP contribution in [0.1, 0.15) is 0 Å². The first-order valence-corrected chi connectivity index (χ1v) is 7.90. The van der Waals surface area contributed by atoms with Gasteiger partial charge in [0.25, 0.3) is 0 Å². The van der Waals surface area contributed by atoms with E-state index in [2.05, 4.69) is 20.2 Å². The SMILES string of the molecule is CS(=O)c1ccc(-c2nnc3c4cc[nH]c4ncn23)cc1. The van der Waals surface area contributed by atoms with E-state index in [1.54, 1.807) is 12.6 Å². The minimum absolute atomic E-state index is 0.717. The molecule has 0 aliphatic rings. The molecule has 0 bridgehead atoms. The molecule has 3 heterocycles. The minimum Gasteiger partial charge on any atom is -0.346 e. The lowest BCUT2D eigenvalue weighted by Gasteiger charge is -2.01. The zero-order valence-corrected chi connectivity index (χ0v) is 12.0. The summed E-state index contributed by atoms with van der Waals surface area (Å²) in [6, 6.07) is 9.41. The van der Waals surface area contributed by atoms with E-state index in [4.69, 9.17) is 0 Å². The standard InChI is InChI=1S/C14H11N5OS/c1-21(20)10-4-2-9(3-5-10)13-17-18-14-11-6-7-15-12(11)16-8-19(13)14/h2-8,15H,1H3. The van der Waals surface area contributed by atoms with Crippen LogP contribution in [0.25, 0.3) is 28.1 Å². The van der Waals surface area contributed by atoms with Gasteiger partial charge in [-0.15, -0.1) is 10.2 Å².